The summed E-state index contributed by atoms with van der Waals surface area (Å²) in [6, 6.07) is 20.4. The van der Waals surface area contributed by atoms with Gasteiger partial charge < -0.3 is 14.6 Å². The number of carbonyl (C=O) groups is 2. The number of nitrogens with zero attached hydrogens (tertiary/aromatic N) is 1. The van der Waals surface area contributed by atoms with Crippen LogP contribution in [0.25, 0.3) is 0 Å². The molecule has 1 aliphatic heterocycles. The maximum absolute atomic E-state index is 13.2. The van der Waals surface area contributed by atoms with Gasteiger partial charge in [0.2, 0.25) is 5.91 Å². The van der Waals surface area contributed by atoms with Crippen LogP contribution < -0.4 is 10.6 Å². The van der Waals surface area contributed by atoms with E-state index < -0.39 is 0 Å². The van der Waals surface area contributed by atoms with E-state index in [1.54, 1.807) is 12.1 Å². The first kappa shape index (κ1) is 20.9. The van der Waals surface area contributed by atoms with Gasteiger partial charge in [0.25, 0.3) is 5.91 Å². The standard InChI is InChI=1S/C25H27N3O3/c29-24(22-10-7-17-31-22)27-21-13-11-19(12-14-21)18-26-23(20-8-3-1-4-9-20)25(30)28-15-5-2-6-16-28/h1,3-4,7-14,17,23,26H,2,5-6,15-16,18H2,(H,27,29)/t23-/m0/s1. The van der Waals surface area contributed by atoms with Gasteiger partial charge in [-0.15, -0.1) is 0 Å². The fraction of sp³-hybridized carbons (Fsp3) is 0.280. The van der Waals surface area contributed by atoms with Gasteiger partial charge in [-0.25, -0.2) is 0 Å². The van der Waals surface area contributed by atoms with Crippen LogP contribution in [0, 0.1) is 0 Å². The fourth-order valence-electron chi connectivity index (χ4n) is 3.82. The van der Waals surface area contributed by atoms with Gasteiger partial charge in [-0.05, 0) is 54.7 Å². The smallest absolute Gasteiger partial charge is 0.291 e. The number of hydrogen-bond acceptors (Lipinski definition) is 4. The second-order valence-corrected chi connectivity index (χ2v) is 7.74. The van der Waals surface area contributed by atoms with Gasteiger partial charge in [0.05, 0.1) is 6.26 Å². The van der Waals surface area contributed by atoms with Gasteiger partial charge in [-0.1, -0.05) is 42.5 Å². The fourth-order valence-corrected chi connectivity index (χ4v) is 3.82. The van der Waals surface area contributed by atoms with Gasteiger partial charge in [-0.2, -0.15) is 0 Å². The normalized spacial score (nSPS) is 14.8. The first-order valence-electron chi connectivity index (χ1n) is 10.7. The zero-order valence-electron chi connectivity index (χ0n) is 17.4. The summed E-state index contributed by atoms with van der Waals surface area (Å²) in [6.45, 7) is 2.20. The molecule has 1 aromatic heterocycles. The van der Waals surface area contributed by atoms with Crippen molar-refractivity contribution >= 4 is 17.5 Å². The van der Waals surface area contributed by atoms with Crippen LogP contribution in [0.3, 0.4) is 0 Å². The van der Waals surface area contributed by atoms with Gasteiger partial charge in [0.1, 0.15) is 6.04 Å². The summed E-state index contributed by atoms with van der Waals surface area (Å²) in [6.07, 6.45) is 4.80. The Balaban J connectivity index is 1.40. The Morgan fingerprint density at radius 3 is 2.32 bits per heavy atom. The van der Waals surface area contributed by atoms with Crippen molar-refractivity contribution < 1.29 is 14.0 Å². The van der Waals surface area contributed by atoms with E-state index in [0.29, 0.717) is 12.2 Å². The van der Waals surface area contributed by atoms with Crippen molar-refractivity contribution in [2.45, 2.75) is 31.8 Å². The quantitative estimate of drug-likeness (QED) is 0.598. The minimum absolute atomic E-state index is 0.133. The summed E-state index contributed by atoms with van der Waals surface area (Å²) in [5.74, 6) is 0.119. The van der Waals surface area contributed by atoms with Crippen LogP contribution in [0.1, 0.15) is 47.0 Å². The second-order valence-electron chi connectivity index (χ2n) is 7.74. The average molecular weight is 418 g/mol. The molecule has 0 bridgehead atoms. The monoisotopic (exact) mass is 417 g/mol. The molecule has 6 heteroatoms. The topological polar surface area (TPSA) is 74.6 Å². The maximum atomic E-state index is 13.2. The van der Waals surface area contributed by atoms with E-state index in [0.717, 1.165) is 37.1 Å². The highest BCUT2D eigenvalue weighted by atomic mass is 16.3. The average Bonchev–Trinajstić information content (AvgIpc) is 3.37. The molecule has 2 aromatic carbocycles. The third-order valence-electron chi connectivity index (χ3n) is 5.51. The summed E-state index contributed by atoms with van der Waals surface area (Å²) in [7, 11) is 0. The highest BCUT2D eigenvalue weighted by Gasteiger charge is 2.26. The van der Waals surface area contributed by atoms with Crippen LogP contribution in [0.2, 0.25) is 0 Å². The van der Waals surface area contributed by atoms with E-state index in [9.17, 15) is 9.59 Å². The van der Waals surface area contributed by atoms with Crippen LogP contribution in [0.15, 0.2) is 77.4 Å². The summed E-state index contributed by atoms with van der Waals surface area (Å²) in [5, 5.41) is 6.25. The van der Waals surface area contributed by atoms with E-state index in [4.69, 9.17) is 4.42 Å². The molecule has 2 amide bonds. The number of amides is 2. The molecular formula is C25H27N3O3. The highest BCUT2D eigenvalue weighted by molar-refractivity contribution is 6.02. The number of carbonyl (C=O) groups excluding carboxylic acids is 2. The van der Waals surface area contributed by atoms with Crippen molar-refractivity contribution in [3.63, 3.8) is 0 Å². The number of likely N-dealkylation sites (tertiary alicyclic amines) is 1. The number of nitrogens with one attached hydrogen (secondary N) is 2. The third kappa shape index (κ3) is 5.41. The molecule has 160 valence electrons. The molecule has 1 fully saturated rings. The van der Waals surface area contributed by atoms with Crippen molar-refractivity contribution in [3.8, 4) is 0 Å². The molecule has 2 heterocycles. The van der Waals surface area contributed by atoms with E-state index in [1.807, 2.05) is 59.5 Å². The third-order valence-corrected chi connectivity index (χ3v) is 5.51. The molecule has 1 aliphatic rings. The predicted octanol–water partition coefficient (Wildman–Crippen LogP) is 4.38. The predicted molar refractivity (Wildman–Crippen MR) is 120 cm³/mol. The van der Waals surface area contributed by atoms with Crippen molar-refractivity contribution in [2.24, 2.45) is 0 Å². The van der Waals surface area contributed by atoms with Crippen LogP contribution in [0.5, 0.6) is 0 Å². The van der Waals surface area contributed by atoms with Crippen molar-refractivity contribution in [1.29, 1.82) is 0 Å². The lowest BCUT2D eigenvalue weighted by atomic mass is 10.0. The van der Waals surface area contributed by atoms with Crippen LogP contribution >= 0.6 is 0 Å². The van der Waals surface area contributed by atoms with E-state index in [-0.39, 0.29) is 23.6 Å². The molecule has 0 unspecified atom stereocenters. The van der Waals surface area contributed by atoms with Gasteiger partial charge in [0, 0.05) is 25.3 Å². The lowest BCUT2D eigenvalue weighted by molar-refractivity contribution is -0.134. The Hall–Kier alpha value is -3.38. The number of benzene rings is 2. The van der Waals surface area contributed by atoms with Crippen molar-refractivity contribution in [3.05, 3.63) is 89.9 Å². The molecule has 6 nitrogen and oxygen atoms in total. The Kier molecular flexibility index (Phi) is 6.79. The van der Waals surface area contributed by atoms with Crippen LogP contribution in [0.4, 0.5) is 5.69 Å². The Labute approximate surface area is 182 Å². The Bertz CT molecular complexity index is 979. The number of furan rings is 1. The van der Waals surface area contributed by atoms with Crippen LogP contribution in [-0.2, 0) is 11.3 Å². The molecule has 1 atom stereocenters. The number of rotatable bonds is 7. The Morgan fingerprint density at radius 1 is 0.903 bits per heavy atom. The summed E-state index contributed by atoms with van der Waals surface area (Å²) in [4.78, 5) is 27.3. The lowest BCUT2D eigenvalue weighted by Gasteiger charge is -2.31. The molecule has 0 aliphatic carbocycles. The minimum atomic E-state index is -0.377. The molecule has 3 aromatic rings. The zero-order chi connectivity index (χ0) is 21.5. The van der Waals surface area contributed by atoms with E-state index in [2.05, 4.69) is 10.6 Å². The number of hydrogen-bond donors (Lipinski definition) is 2. The molecule has 31 heavy (non-hydrogen) atoms. The highest BCUT2D eigenvalue weighted by Crippen LogP contribution is 2.20. The zero-order valence-corrected chi connectivity index (χ0v) is 17.4. The van der Waals surface area contributed by atoms with Gasteiger partial charge >= 0.3 is 0 Å². The van der Waals surface area contributed by atoms with Gasteiger partial charge in [0.15, 0.2) is 5.76 Å². The second kappa shape index (κ2) is 10.1. The van der Waals surface area contributed by atoms with Crippen molar-refractivity contribution in [2.75, 3.05) is 18.4 Å². The minimum Gasteiger partial charge on any atom is -0.459 e. The first-order valence-corrected chi connectivity index (χ1v) is 10.7. The van der Waals surface area contributed by atoms with Gasteiger partial charge in [-0.3, -0.25) is 14.9 Å². The molecular weight excluding hydrogens is 390 g/mol. The maximum Gasteiger partial charge on any atom is 0.291 e. The molecule has 0 spiro atoms. The summed E-state index contributed by atoms with van der Waals surface area (Å²) < 4.78 is 5.11. The summed E-state index contributed by atoms with van der Waals surface area (Å²) in [5.41, 5.74) is 2.69. The number of piperidine rings is 1. The molecule has 0 radical (unpaired) electrons. The molecule has 4 rings (SSSR count). The molecule has 0 saturated carbocycles. The first-order chi connectivity index (χ1) is 15.2. The lowest BCUT2D eigenvalue weighted by Crippen LogP contribution is -2.43. The van der Waals surface area contributed by atoms with E-state index in [1.165, 1.54) is 12.7 Å². The Morgan fingerprint density at radius 2 is 1.65 bits per heavy atom. The largest absolute Gasteiger partial charge is 0.459 e. The SMILES string of the molecule is O=C(Nc1ccc(CN[C@H](C(=O)N2CCCCC2)c2ccccc2)cc1)c1ccco1. The van der Waals surface area contributed by atoms with E-state index >= 15 is 0 Å². The number of anilines is 1. The summed E-state index contributed by atoms with van der Waals surface area (Å²) >= 11 is 0. The molecule has 2 N–H and O–H groups in total. The van der Waals surface area contributed by atoms with Crippen molar-refractivity contribution in [1.82, 2.24) is 10.2 Å². The van der Waals surface area contributed by atoms with Crippen LogP contribution in [-0.4, -0.2) is 29.8 Å². The molecule has 1 saturated heterocycles.